The van der Waals surface area contributed by atoms with Crippen molar-refractivity contribution >= 4 is 18.0 Å². The molecular weight excluding hydrogens is 410 g/mol. The van der Waals surface area contributed by atoms with E-state index in [1.165, 1.54) is 25.4 Å². The number of amides is 1. The predicted octanol–water partition coefficient (Wildman–Crippen LogP) is 3.26. The Morgan fingerprint density at radius 3 is 2.39 bits per heavy atom. The van der Waals surface area contributed by atoms with Crippen molar-refractivity contribution in [1.29, 1.82) is 0 Å². The van der Waals surface area contributed by atoms with Crippen LogP contribution in [0.5, 0.6) is 0 Å². The van der Waals surface area contributed by atoms with Crippen molar-refractivity contribution in [2.24, 2.45) is 0 Å². The minimum Gasteiger partial charge on any atom is -0.478 e. The van der Waals surface area contributed by atoms with Gasteiger partial charge in [-0.1, -0.05) is 0 Å². The van der Waals surface area contributed by atoms with Crippen LogP contribution in [0.1, 0.15) is 48.2 Å². The third-order valence-corrected chi connectivity index (χ3v) is 4.87. The van der Waals surface area contributed by atoms with E-state index in [0.29, 0.717) is 0 Å². The Morgan fingerprint density at radius 1 is 1.16 bits per heavy atom. The summed E-state index contributed by atoms with van der Waals surface area (Å²) in [6, 6.07) is 1.68. The van der Waals surface area contributed by atoms with E-state index in [-0.39, 0.29) is 35.7 Å². The maximum absolute atomic E-state index is 14.6. The summed E-state index contributed by atoms with van der Waals surface area (Å²) >= 11 is 0. The second-order valence-corrected chi connectivity index (χ2v) is 8.46. The van der Waals surface area contributed by atoms with Gasteiger partial charge in [-0.3, -0.25) is 0 Å². The SMILES string of the molecule is Cc1cc(C2CN(c3ncc(C(=O)O)cn3)CC2NC(=O)OC(C)(C)C)c(F)cc1F. The molecule has 0 bridgehead atoms. The maximum atomic E-state index is 14.6. The number of aryl methyl sites for hydroxylation is 1. The predicted molar refractivity (Wildman–Crippen MR) is 108 cm³/mol. The summed E-state index contributed by atoms with van der Waals surface area (Å²) < 4.78 is 33.7. The molecule has 0 saturated carbocycles. The molecule has 3 rings (SSSR count). The molecule has 1 amide bonds. The highest BCUT2D eigenvalue weighted by molar-refractivity contribution is 5.86. The fourth-order valence-corrected chi connectivity index (χ4v) is 3.45. The summed E-state index contributed by atoms with van der Waals surface area (Å²) in [4.78, 5) is 33.2. The molecule has 1 saturated heterocycles. The molecule has 0 aliphatic carbocycles. The highest BCUT2D eigenvalue weighted by atomic mass is 19.1. The van der Waals surface area contributed by atoms with E-state index in [0.717, 1.165) is 6.07 Å². The average Bonchev–Trinajstić information content (AvgIpc) is 3.06. The molecule has 0 spiro atoms. The van der Waals surface area contributed by atoms with Crippen LogP contribution in [0.2, 0.25) is 0 Å². The van der Waals surface area contributed by atoms with Gasteiger partial charge >= 0.3 is 12.1 Å². The van der Waals surface area contributed by atoms with Gasteiger partial charge in [0.05, 0.1) is 11.6 Å². The first-order valence-corrected chi connectivity index (χ1v) is 9.70. The molecule has 31 heavy (non-hydrogen) atoms. The highest BCUT2D eigenvalue weighted by Crippen LogP contribution is 2.32. The molecule has 2 aromatic rings. The molecular formula is C21H24F2N4O4. The molecule has 1 aliphatic heterocycles. The molecule has 2 heterocycles. The summed E-state index contributed by atoms with van der Waals surface area (Å²) in [7, 11) is 0. The van der Waals surface area contributed by atoms with Crippen LogP contribution in [0.15, 0.2) is 24.5 Å². The quantitative estimate of drug-likeness (QED) is 0.761. The number of hydrogen-bond donors (Lipinski definition) is 2. The summed E-state index contributed by atoms with van der Waals surface area (Å²) in [5.41, 5.74) is -0.244. The lowest BCUT2D eigenvalue weighted by molar-refractivity contribution is 0.0504. The molecule has 2 N–H and O–H groups in total. The third kappa shape index (κ3) is 5.25. The Balaban J connectivity index is 1.90. The molecule has 2 atom stereocenters. The zero-order chi connectivity index (χ0) is 22.9. The number of carbonyl (C=O) groups is 2. The molecule has 1 fully saturated rings. The van der Waals surface area contributed by atoms with Crippen molar-refractivity contribution in [3.05, 3.63) is 52.9 Å². The van der Waals surface area contributed by atoms with Crippen LogP contribution in [-0.2, 0) is 4.74 Å². The van der Waals surface area contributed by atoms with Crippen LogP contribution in [0.3, 0.4) is 0 Å². The van der Waals surface area contributed by atoms with Gasteiger partial charge in [0.1, 0.15) is 17.2 Å². The lowest BCUT2D eigenvalue weighted by Crippen LogP contribution is -2.43. The van der Waals surface area contributed by atoms with Crippen molar-refractivity contribution in [2.45, 2.75) is 45.3 Å². The minimum atomic E-state index is -1.15. The number of anilines is 1. The number of halogens is 2. The van der Waals surface area contributed by atoms with Gasteiger partial charge in [-0.2, -0.15) is 0 Å². The number of carboxylic acid groups (broad SMARTS) is 1. The number of carbonyl (C=O) groups excluding carboxylic acids is 1. The molecule has 0 radical (unpaired) electrons. The van der Waals surface area contributed by atoms with Gasteiger partial charge in [0.25, 0.3) is 0 Å². The van der Waals surface area contributed by atoms with Crippen molar-refractivity contribution < 1.29 is 28.2 Å². The molecule has 8 nitrogen and oxygen atoms in total. The molecule has 2 unspecified atom stereocenters. The first-order chi connectivity index (χ1) is 14.4. The topological polar surface area (TPSA) is 105 Å². The fourth-order valence-electron chi connectivity index (χ4n) is 3.45. The number of aromatic nitrogens is 2. The number of nitrogens with zero attached hydrogens (tertiary/aromatic N) is 3. The first-order valence-electron chi connectivity index (χ1n) is 9.70. The van der Waals surface area contributed by atoms with Crippen molar-refractivity contribution in [3.63, 3.8) is 0 Å². The van der Waals surface area contributed by atoms with Crippen LogP contribution in [-0.4, -0.2) is 51.9 Å². The number of ether oxygens (including phenoxy) is 1. The Bertz CT molecular complexity index is 992. The van der Waals surface area contributed by atoms with Gasteiger partial charge in [0, 0.05) is 37.5 Å². The number of aromatic carboxylic acids is 1. The van der Waals surface area contributed by atoms with Crippen LogP contribution in [0.25, 0.3) is 0 Å². The lowest BCUT2D eigenvalue weighted by Gasteiger charge is -2.24. The molecule has 1 aromatic carbocycles. The van der Waals surface area contributed by atoms with Gasteiger partial charge < -0.3 is 20.1 Å². The summed E-state index contributed by atoms with van der Waals surface area (Å²) in [6.07, 6.45) is 1.69. The lowest BCUT2D eigenvalue weighted by atomic mass is 9.92. The van der Waals surface area contributed by atoms with E-state index in [2.05, 4.69) is 15.3 Å². The number of benzene rings is 1. The summed E-state index contributed by atoms with van der Waals surface area (Å²) in [6.45, 7) is 7.18. The second kappa shape index (κ2) is 8.44. The number of hydrogen-bond acceptors (Lipinski definition) is 6. The monoisotopic (exact) mass is 434 g/mol. The largest absolute Gasteiger partial charge is 0.478 e. The van der Waals surface area contributed by atoms with Crippen LogP contribution < -0.4 is 10.2 Å². The average molecular weight is 434 g/mol. The maximum Gasteiger partial charge on any atom is 0.407 e. The Morgan fingerprint density at radius 2 is 1.81 bits per heavy atom. The Hall–Kier alpha value is -3.30. The number of nitrogens with one attached hydrogen (secondary N) is 1. The highest BCUT2D eigenvalue weighted by Gasteiger charge is 2.38. The van der Waals surface area contributed by atoms with Gasteiger partial charge in [-0.15, -0.1) is 0 Å². The van der Waals surface area contributed by atoms with E-state index in [1.54, 1.807) is 25.7 Å². The van der Waals surface area contributed by atoms with E-state index < -0.39 is 41.3 Å². The van der Waals surface area contributed by atoms with E-state index in [1.807, 2.05) is 0 Å². The van der Waals surface area contributed by atoms with Crippen LogP contribution >= 0.6 is 0 Å². The fraction of sp³-hybridized carbons (Fsp3) is 0.429. The molecule has 1 aromatic heterocycles. The first kappa shape index (κ1) is 22.4. The zero-order valence-electron chi connectivity index (χ0n) is 17.6. The second-order valence-electron chi connectivity index (χ2n) is 8.46. The number of rotatable bonds is 4. The minimum absolute atomic E-state index is 0.0665. The van der Waals surface area contributed by atoms with E-state index in [4.69, 9.17) is 9.84 Å². The van der Waals surface area contributed by atoms with Crippen LogP contribution in [0, 0.1) is 18.6 Å². The zero-order valence-corrected chi connectivity index (χ0v) is 17.6. The van der Waals surface area contributed by atoms with Gasteiger partial charge in [-0.05, 0) is 44.9 Å². The third-order valence-electron chi connectivity index (χ3n) is 4.87. The van der Waals surface area contributed by atoms with Gasteiger partial charge in [-0.25, -0.2) is 28.3 Å². The molecule has 166 valence electrons. The smallest absolute Gasteiger partial charge is 0.407 e. The van der Waals surface area contributed by atoms with E-state index >= 15 is 0 Å². The number of alkyl carbamates (subject to hydrolysis) is 1. The van der Waals surface area contributed by atoms with Crippen molar-refractivity contribution in [2.75, 3.05) is 18.0 Å². The summed E-state index contributed by atoms with van der Waals surface area (Å²) in [5.74, 6) is -2.81. The van der Waals surface area contributed by atoms with E-state index in [9.17, 15) is 18.4 Å². The molecule has 1 aliphatic rings. The van der Waals surface area contributed by atoms with Gasteiger partial charge in [0.2, 0.25) is 5.95 Å². The normalized spacial score (nSPS) is 18.7. The Kier molecular flexibility index (Phi) is 6.10. The van der Waals surface area contributed by atoms with Crippen LogP contribution in [0.4, 0.5) is 19.5 Å². The van der Waals surface area contributed by atoms with Crippen molar-refractivity contribution in [1.82, 2.24) is 15.3 Å². The van der Waals surface area contributed by atoms with Gasteiger partial charge in [0.15, 0.2) is 0 Å². The summed E-state index contributed by atoms with van der Waals surface area (Å²) in [5, 5.41) is 11.8. The number of carboxylic acids is 1. The Labute approximate surface area is 178 Å². The standard InChI is InChI=1S/C21H24F2N4O4/c1-11-5-13(16(23)6-15(11)22)14-9-27(19-24-7-12(8-25-19)18(28)29)10-17(14)26-20(30)31-21(2,3)4/h5-8,14,17H,9-10H2,1-4H3,(H,26,30)(H,28,29). The van der Waals surface area contributed by atoms with Crippen molar-refractivity contribution in [3.8, 4) is 0 Å². The molecule has 10 heteroatoms.